The molecule has 0 spiro atoms. The molecule has 0 aromatic carbocycles. The Hall–Kier alpha value is -1.46. The Kier molecular flexibility index (Phi) is 3.48. The molecule has 1 aliphatic rings. The number of hydrogen-bond donors (Lipinski definition) is 1. The Morgan fingerprint density at radius 3 is 3.11 bits per heavy atom. The van der Waals surface area contributed by atoms with Gasteiger partial charge < -0.3 is 5.32 Å². The van der Waals surface area contributed by atoms with Gasteiger partial charge in [0.05, 0.1) is 12.1 Å². The number of carbonyl (C=O) groups excluding carboxylic acids is 1. The number of aryl methyl sites for hydroxylation is 2. The van der Waals surface area contributed by atoms with Gasteiger partial charge in [0, 0.05) is 9.75 Å². The average molecular weight is 294 g/mol. The predicted molar refractivity (Wildman–Crippen MR) is 76.1 cm³/mol. The van der Waals surface area contributed by atoms with Crippen LogP contribution in [0.15, 0.2) is 12.4 Å². The van der Waals surface area contributed by atoms with Crippen molar-refractivity contribution in [3.8, 4) is 0 Å². The van der Waals surface area contributed by atoms with Crippen molar-refractivity contribution in [1.29, 1.82) is 0 Å². The Labute approximate surface area is 119 Å². The van der Waals surface area contributed by atoms with Crippen molar-refractivity contribution in [2.75, 3.05) is 5.32 Å². The van der Waals surface area contributed by atoms with E-state index in [1.807, 2.05) is 11.3 Å². The van der Waals surface area contributed by atoms with Crippen molar-refractivity contribution in [2.24, 2.45) is 0 Å². The summed E-state index contributed by atoms with van der Waals surface area (Å²) < 4.78 is 0. The van der Waals surface area contributed by atoms with Crippen LogP contribution in [0.25, 0.3) is 0 Å². The van der Waals surface area contributed by atoms with Crippen molar-refractivity contribution in [3.63, 3.8) is 0 Å². The third-order valence-corrected chi connectivity index (χ3v) is 4.72. The highest BCUT2D eigenvalue weighted by Gasteiger charge is 2.15. The summed E-state index contributed by atoms with van der Waals surface area (Å²) in [6, 6.07) is 2.24. The van der Waals surface area contributed by atoms with E-state index in [1.54, 1.807) is 0 Å². The first-order valence-corrected chi connectivity index (χ1v) is 7.27. The quantitative estimate of drug-likeness (QED) is 0.695. The lowest BCUT2D eigenvalue weighted by molar-refractivity contribution is 0.112. The van der Waals surface area contributed by atoms with Gasteiger partial charge in [-0.25, -0.2) is 9.97 Å². The Bertz CT molecular complexity index is 605. The summed E-state index contributed by atoms with van der Waals surface area (Å²) >= 11 is 7.68. The lowest BCUT2D eigenvalue weighted by Crippen LogP contribution is -2.04. The van der Waals surface area contributed by atoms with Crippen molar-refractivity contribution in [3.05, 3.63) is 38.4 Å². The number of halogens is 1. The molecule has 1 aliphatic carbocycles. The van der Waals surface area contributed by atoms with E-state index in [0.717, 1.165) is 0 Å². The summed E-state index contributed by atoms with van der Waals surface area (Å²) in [5.41, 5.74) is 1.78. The molecule has 1 N–H and O–H groups in total. The minimum atomic E-state index is 0.182. The molecule has 2 heterocycles. The van der Waals surface area contributed by atoms with Crippen molar-refractivity contribution in [1.82, 2.24) is 9.97 Å². The number of carbonyl (C=O) groups is 1. The molecule has 0 amide bonds. The zero-order chi connectivity index (χ0) is 13.2. The van der Waals surface area contributed by atoms with Crippen LogP contribution in [0.4, 0.5) is 5.82 Å². The van der Waals surface area contributed by atoms with Gasteiger partial charge in [-0.3, -0.25) is 4.79 Å². The summed E-state index contributed by atoms with van der Waals surface area (Å²) in [6.45, 7) is 0.659. The second-order valence-electron chi connectivity index (χ2n) is 4.41. The minimum Gasteiger partial charge on any atom is -0.364 e. The number of aldehydes is 1. The van der Waals surface area contributed by atoms with Gasteiger partial charge in [0.2, 0.25) is 0 Å². The number of nitrogens with zero attached hydrogens (tertiary/aromatic N) is 2. The van der Waals surface area contributed by atoms with E-state index in [2.05, 4.69) is 21.4 Å². The van der Waals surface area contributed by atoms with Crippen LogP contribution in [0.3, 0.4) is 0 Å². The third kappa shape index (κ3) is 2.48. The summed E-state index contributed by atoms with van der Waals surface area (Å²) in [7, 11) is 0. The molecular weight excluding hydrogens is 282 g/mol. The van der Waals surface area contributed by atoms with Crippen LogP contribution in [0.1, 0.15) is 32.1 Å². The molecule has 3 rings (SSSR count). The molecule has 0 atom stereocenters. The summed E-state index contributed by atoms with van der Waals surface area (Å²) in [5, 5.41) is 3.34. The fraction of sp³-hybridized carbons (Fsp3) is 0.308. The Morgan fingerprint density at radius 1 is 1.42 bits per heavy atom. The number of nitrogens with one attached hydrogen (secondary N) is 1. The second kappa shape index (κ2) is 5.27. The van der Waals surface area contributed by atoms with E-state index in [9.17, 15) is 4.79 Å². The Morgan fingerprint density at radius 2 is 2.32 bits per heavy atom. The van der Waals surface area contributed by atoms with Gasteiger partial charge in [0.1, 0.15) is 17.3 Å². The van der Waals surface area contributed by atoms with Crippen LogP contribution < -0.4 is 5.32 Å². The van der Waals surface area contributed by atoms with Gasteiger partial charge in [-0.1, -0.05) is 11.6 Å². The number of hydrogen-bond acceptors (Lipinski definition) is 5. The molecule has 0 bridgehead atoms. The maximum absolute atomic E-state index is 11.0. The van der Waals surface area contributed by atoms with Crippen LogP contribution >= 0.6 is 22.9 Å². The molecule has 6 heteroatoms. The van der Waals surface area contributed by atoms with E-state index in [-0.39, 0.29) is 5.15 Å². The molecule has 0 aliphatic heterocycles. The first-order chi connectivity index (χ1) is 9.28. The van der Waals surface area contributed by atoms with E-state index >= 15 is 0 Å². The van der Waals surface area contributed by atoms with Crippen molar-refractivity contribution >= 4 is 35.0 Å². The molecule has 98 valence electrons. The van der Waals surface area contributed by atoms with Gasteiger partial charge in [-0.2, -0.15) is 0 Å². The topological polar surface area (TPSA) is 54.9 Å². The summed E-state index contributed by atoms with van der Waals surface area (Å²) in [5.74, 6) is 0.489. The van der Waals surface area contributed by atoms with Gasteiger partial charge in [0.15, 0.2) is 6.29 Å². The SMILES string of the molecule is O=Cc1c(Cl)ncnc1NCc1cc2c(s1)CCC2. The third-order valence-electron chi connectivity index (χ3n) is 3.18. The Balaban J connectivity index is 1.75. The van der Waals surface area contributed by atoms with Crippen molar-refractivity contribution in [2.45, 2.75) is 25.8 Å². The maximum atomic E-state index is 11.0. The van der Waals surface area contributed by atoms with Crippen LogP contribution in [-0.2, 0) is 19.4 Å². The van der Waals surface area contributed by atoms with Crippen LogP contribution in [0.5, 0.6) is 0 Å². The molecule has 0 radical (unpaired) electrons. The number of thiophene rings is 1. The zero-order valence-electron chi connectivity index (χ0n) is 10.1. The molecule has 2 aromatic heterocycles. The highest BCUT2D eigenvalue weighted by Crippen LogP contribution is 2.31. The zero-order valence-corrected chi connectivity index (χ0v) is 11.7. The van der Waals surface area contributed by atoms with Gasteiger partial charge in [0.25, 0.3) is 0 Å². The molecule has 0 saturated carbocycles. The number of rotatable bonds is 4. The molecular formula is C13H12ClN3OS. The molecule has 0 saturated heterocycles. The summed E-state index contributed by atoms with van der Waals surface area (Å²) in [6.07, 6.45) is 5.68. The number of anilines is 1. The molecule has 0 unspecified atom stereocenters. The fourth-order valence-electron chi connectivity index (χ4n) is 2.27. The van der Waals surface area contributed by atoms with E-state index in [1.165, 1.54) is 40.9 Å². The molecule has 19 heavy (non-hydrogen) atoms. The van der Waals surface area contributed by atoms with E-state index in [4.69, 9.17) is 11.6 Å². The second-order valence-corrected chi connectivity index (χ2v) is 5.99. The molecule has 0 fully saturated rings. The predicted octanol–water partition coefficient (Wildman–Crippen LogP) is 3.10. The minimum absolute atomic E-state index is 0.182. The maximum Gasteiger partial charge on any atom is 0.156 e. The van der Waals surface area contributed by atoms with Gasteiger partial charge in [-0.15, -0.1) is 11.3 Å². The first-order valence-electron chi connectivity index (χ1n) is 6.08. The molecule has 2 aromatic rings. The highest BCUT2D eigenvalue weighted by molar-refractivity contribution is 7.12. The van der Waals surface area contributed by atoms with Crippen LogP contribution in [0.2, 0.25) is 5.15 Å². The van der Waals surface area contributed by atoms with Gasteiger partial charge >= 0.3 is 0 Å². The van der Waals surface area contributed by atoms with E-state index < -0.39 is 0 Å². The van der Waals surface area contributed by atoms with E-state index in [0.29, 0.717) is 24.2 Å². The van der Waals surface area contributed by atoms with Crippen molar-refractivity contribution < 1.29 is 4.79 Å². The lowest BCUT2D eigenvalue weighted by atomic mass is 10.2. The largest absolute Gasteiger partial charge is 0.364 e. The van der Waals surface area contributed by atoms with Crippen LogP contribution in [0, 0.1) is 0 Å². The lowest BCUT2D eigenvalue weighted by Gasteiger charge is -2.06. The standard InChI is InChI=1S/C13H12ClN3OS/c14-12-10(6-18)13(17-7-16-12)15-5-9-4-8-2-1-3-11(8)19-9/h4,6-7H,1-3,5H2,(H,15,16,17). The van der Waals surface area contributed by atoms with Crippen LogP contribution in [-0.4, -0.2) is 16.3 Å². The molecule has 4 nitrogen and oxygen atoms in total. The average Bonchev–Trinajstić information content (AvgIpc) is 2.97. The normalized spacial score (nSPS) is 13.3. The first kappa shape index (κ1) is 12.6. The smallest absolute Gasteiger partial charge is 0.156 e. The fourth-order valence-corrected chi connectivity index (χ4v) is 3.65. The number of fused-ring (bicyclic) bond motifs is 1. The monoisotopic (exact) mass is 293 g/mol. The van der Waals surface area contributed by atoms with Gasteiger partial charge in [-0.05, 0) is 30.9 Å². The number of aromatic nitrogens is 2. The summed E-state index contributed by atoms with van der Waals surface area (Å²) in [4.78, 5) is 21.6. The highest BCUT2D eigenvalue weighted by atomic mass is 35.5.